The predicted octanol–water partition coefficient (Wildman–Crippen LogP) is 9.36. The number of hydrogen-bond acceptors (Lipinski definition) is 11. The van der Waals surface area contributed by atoms with E-state index < -0.39 is 11.9 Å². The standard InChI is InChI=1S/C18H13N3OS.C18H11NO2S.C8H4O3.U.H2/c22-17-15-9-5-4-8-14(15)16(20-21-17)10-13-11-23-18(19-13)12-6-2-1-3-7-12;20-18-15-9-5-4-8-14(15)16(21-18)10-13-11-22-17(19-13)12-6-2-1-3-7-12;9-7-5-3-1-2-4-6(5)8(10)11-7;;/h1-9,11H,10H2,(H,21,22);1-11H;1-4H;;1H/b;16-10-;;;/i;;;;1+1. The van der Waals surface area contributed by atoms with Crippen LogP contribution in [-0.4, -0.2) is 38.1 Å². The first-order chi connectivity index (χ1) is 27.4. The number of rotatable bonds is 5. The zero-order chi connectivity index (χ0) is 38.4. The van der Waals surface area contributed by atoms with Gasteiger partial charge in [-0.2, -0.15) is 5.10 Å². The summed E-state index contributed by atoms with van der Waals surface area (Å²) in [4.78, 5) is 54.6. The number of aromatic nitrogens is 4. The van der Waals surface area contributed by atoms with Crippen LogP contribution in [0.4, 0.5) is 0 Å². The number of nitrogens with zero attached hydrogens (tertiary/aromatic N) is 3. The predicted molar refractivity (Wildman–Crippen MR) is 218 cm³/mol. The maximum absolute atomic E-state index is 11.8. The molecule has 8 aromatic rings. The average Bonchev–Trinajstić information content (AvgIpc) is 4.05. The summed E-state index contributed by atoms with van der Waals surface area (Å²) in [5.41, 5.74) is 6.77. The molecule has 10 rings (SSSR count). The SMILES string of the molecule is O=C1O/C(=C\c2csc(-c3ccccc3)n2)c2ccccc21.O=C1OC(=O)c2ccccc21.O=c1[nH]nc(Cc2csc(-c3ccccc3)n2)c2ccccc12.[2HH].[U]. The van der Waals surface area contributed by atoms with Crippen LogP contribution in [0.2, 0.25) is 0 Å². The van der Waals surface area contributed by atoms with Gasteiger partial charge in [0.05, 0.1) is 39.2 Å². The number of carbonyl (C=O) groups excluding carboxylic acids is 3. The summed E-state index contributed by atoms with van der Waals surface area (Å²) in [7, 11) is 0. The summed E-state index contributed by atoms with van der Waals surface area (Å²) in [5.74, 6) is -0.845. The number of carbonyl (C=O) groups is 3. The molecule has 0 atom stereocenters. The normalized spacial score (nSPS) is 13.0. The van der Waals surface area contributed by atoms with Crippen molar-refractivity contribution in [3.63, 3.8) is 0 Å². The van der Waals surface area contributed by atoms with Crippen LogP contribution in [0.3, 0.4) is 0 Å². The fourth-order valence-electron chi connectivity index (χ4n) is 6.01. The monoisotopic (exact) mass is 1010 g/mol. The molecule has 0 aliphatic carbocycles. The van der Waals surface area contributed by atoms with Crippen LogP contribution in [0, 0.1) is 31.1 Å². The van der Waals surface area contributed by atoms with Gasteiger partial charge in [-0.05, 0) is 24.3 Å². The van der Waals surface area contributed by atoms with E-state index >= 15 is 0 Å². The molecule has 0 unspecified atom stereocenters. The smallest absolute Gasteiger partial charge is 0.346 e. The summed E-state index contributed by atoms with van der Waals surface area (Å²) in [6, 6.07) is 41.6. The van der Waals surface area contributed by atoms with Crippen LogP contribution in [-0.2, 0) is 15.9 Å². The van der Waals surface area contributed by atoms with Gasteiger partial charge < -0.3 is 9.47 Å². The second-order valence-electron chi connectivity index (χ2n) is 12.3. The van der Waals surface area contributed by atoms with Crippen molar-refractivity contribution in [1.82, 2.24) is 20.2 Å². The van der Waals surface area contributed by atoms with Gasteiger partial charge in [0.1, 0.15) is 15.8 Å². The topological polar surface area (TPSA) is 141 Å². The van der Waals surface area contributed by atoms with Gasteiger partial charge in [-0.3, -0.25) is 4.79 Å². The number of H-pyrrole nitrogens is 1. The molecule has 0 spiro atoms. The van der Waals surface area contributed by atoms with E-state index in [1.165, 1.54) is 0 Å². The Balaban J connectivity index is 0.000000152. The van der Waals surface area contributed by atoms with Gasteiger partial charge in [-0.1, -0.05) is 109 Å². The molecule has 0 fully saturated rings. The summed E-state index contributed by atoms with van der Waals surface area (Å²) >= 11 is 3.19. The number of nitrogens with one attached hydrogen (secondary N) is 1. The van der Waals surface area contributed by atoms with E-state index in [-0.39, 0.29) is 44.1 Å². The number of aromatic amines is 1. The van der Waals surface area contributed by atoms with Gasteiger partial charge in [-0.15, -0.1) is 22.7 Å². The Morgan fingerprint density at radius 3 is 1.68 bits per heavy atom. The second-order valence-corrected chi connectivity index (χ2v) is 14.1. The molecule has 0 bridgehead atoms. The van der Waals surface area contributed by atoms with E-state index in [0.717, 1.165) is 49.2 Å². The number of ether oxygens (including phenoxy) is 2. The maximum atomic E-state index is 11.8. The quantitative estimate of drug-likeness (QED) is 0.132. The Hall–Kier alpha value is -6.10. The van der Waals surface area contributed by atoms with Gasteiger partial charge >= 0.3 is 17.9 Å². The summed E-state index contributed by atoms with van der Waals surface area (Å²) < 4.78 is 9.69. The molecule has 0 saturated carbocycles. The van der Waals surface area contributed by atoms with E-state index in [1.807, 2.05) is 108 Å². The van der Waals surface area contributed by atoms with Crippen LogP contribution in [0.1, 0.15) is 55.1 Å². The Bertz CT molecular complexity index is 2810. The van der Waals surface area contributed by atoms with Crippen LogP contribution in [0.25, 0.3) is 43.7 Å². The van der Waals surface area contributed by atoms with Crippen molar-refractivity contribution >= 4 is 63.2 Å². The van der Waals surface area contributed by atoms with Gasteiger partial charge in [0.15, 0.2) is 0 Å². The first kappa shape index (κ1) is 39.1. The van der Waals surface area contributed by atoms with E-state index in [4.69, 9.17) is 9.72 Å². The zero-order valence-corrected chi connectivity index (χ0v) is 35.5. The minimum Gasteiger partial charge on any atom is -0.422 e. The number of cyclic esters (lactones) is 3. The van der Waals surface area contributed by atoms with E-state index in [0.29, 0.717) is 34.3 Å². The number of benzene rings is 5. The first-order valence-corrected chi connectivity index (χ1v) is 19.0. The fraction of sp³-hybridized carbons (Fsp3) is 0.0227. The Morgan fingerprint density at radius 1 is 0.561 bits per heavy atom. The third-order valence-corrected chi connectivity index (χ3v) is 10.5. The summed E-state index contributed by atoms with van der Waals surface area (Å²) in [6.07, 6.45) is 2.41. The third kappa shape index (κ3) is 8.83. The average molecular weight is 1010 g/mol. The molecule has 2 aliphatic rings. The molecule has 2 aliphatic heterocycles. The minimum atomic E-state index is -0.550. The van der Waals surface area contributed by atoms with Crippen molar-refractivity contribution < 1.29 is 56.4 Å². The fourth-order valence-corrected chi connectivity index (χ4v) is 7.61. The molecular formula is C44H30N4O6S2U. The molecule has 0 saturated heterocycles. The van der Waals surface area contributed by atoms with Crippen molar-refractivity contribution in [1.29, 1.82) is 0 Å². The van der Waals surface area contributed by atoms with Crippen molar-refractivity contribution in [2.75, 3.05) is 0 Å². The molecule has 5 heterocycles. The van der Waals surface area contributed by atoms with Gasteiger partial charge in [0, 0.05) is 77.9 Å². The van der Waals surface area contributed by atoms with Gasteiger partial charge in [-0.25, -0.2) is 29.5 Å². The molecule has 5 aromatic carbocycles. The summed E-state index contributed by atoms with van der Waals surface area (Å²) in [6.45, 7) is 0. The molecule has 0 radical (unpaired) electrons. The number of esters is 3. The van der Waals surface area contributed by atoms with Gasteiger partial charge in [0.25, 0.3) is 5.56 Å². The maximum Gasteiger partial charge on any atom is 0.346 e. The Labute approximate surface area is 358 Å². The van der Waals surface area contributed by atoms with Gasteiger partial charge in [0.2, 0.25) is 0 Å². The van der Waals surface area contributed by atoms with Crippen molar-refractivity contribution in [3.05, 3.63) is 194 Å². The molecule has 13 heteroatoms. The van der Waals surface area contributed by atoms with Crippen molar-refractivity contribution in [2.24, 2.45) is 0 Å². The zero-order valence-electron chi connectivity index (χ0n) is 29.7. The number of hydrogen-bond donors (Lipinski definition) is 1. The van der Waals surface area contributed by atoms with Crippen LogP contribution >= 0.6 is 22.7 Å². The molecule has 57 heavy (non-hydrogen) atoms. The first-order valence-electron chi connectivity index (χ1n) is 17.3. The molecule has 1 N–H and O–H groups in total. The minimum absolute atomic E-state index is 0. The van der Waals surface area contributed by atoms with E-state index in [2.05, 4.69) is 32.1 Å². The molecular weight excluding hydrogens is 983 g/mol. The molecule has 10 nitrogen and oxygen atoms in total. The second kappa shape index (κ2) is 17.8. The van der Waals surface area contributed by atoms with Crippen LogP contribution in [0.15, 0.2) is 149 Å². The van der Waals surface area contributed by atoms with E-state index in [1.54, 1.807) is 53.0 Å². The summed E-state index contributed by atoms with van der Waals surface area (Å²) in [5, 5.41) is 14.3. The van der Waals surface area contributed by atoms with Crippen molar-refractivity contribution in [3.8, 4) is 21.1 Å². The third-order valence-electron chi connectivity index (χ3n) is 8.69. The van der Waals surface area contributed by atoms with Crippen molar-refractivity contribution in [2.45, 2.75) is 6.42 Å². The molecule has 3 aromatic heterocycles. The number of fused-ring (bicyclic) bond motifs is 3. The number of thiazole rings is 2. The Morgan fingerprint density at radius 2 is 1.05 bits per heavy atom. The molecule has 0 amide bonds. The largest absolute Gasteiger partial charge is 0.422 e. The Kier molecular flexibility index (Phi) is 12.2. The van der Waals surface area contributed by atoms with Crippen LogP contribution in [0.5, 0.6) is 0 Å². The molecule has 278 valence electrons. The van der Waals surface area contributed by atoms with E-state index in [9.17, 15) is 19.2 Å². The van der Waals surface area contributed by atoms with Crippen LogP contribution < -0.4 is 5.56 Å².